The highest BCUT2D eigenvalue weighted by atomic mass is 32.2. The molecule has 0 amide bonds. The number of nitrogens with zero attached hydrogens (tertiary/aromatic N) is 2. The molecular weight excluding hydrogens is 194 g/mol. The second kappa shape index (κ2) is 3.19. The second-order valence-corrected chi connectivity index (χ2v) is 5.23. The molecule has 14 heavy (non-hydrogen) atoms. The van der Waals surface area contributed by atoms with Crippen LogP contribution in [-0.2, 0) is 12.8 Å². The Kier molecular flexibility index (Phi) is 1.97. The lowest BCUT2D eigenvalue weighted by molar-refractivity contribution is 0.492. The van der Waals surface area contributed by atoms with Crippen molar-refractivity contribution >= 4 is 17.6 Å². The van der Waals surface area contributed by atoms with E-state index >= 15 is 0 Å². The van der Waals surface area contributed by atoms with Crippen molar-refractivity contribution in [2.75, 3.05) is 17.2 Å². The molecule has 0 aromatic carbocycles. The molecule has 4 heteroatoms. The van der Waals surface area contributed by atoms with Crippen molar-refractivity contribution in [2.45, 2.75) is 31.7 Å². The predicted molar refractivity (Wildman–Crippen MR) is 59.6 cm³/mol. The summed E-state index contributed by atoms with van der Waals surface area (Å²) in [6.07, 6.45) is 4.90. The number of fused-ring (bicyclic) bond motifs is 1. The minimum atomic E-state index is 0.629. The molecule has 1 saturated heterocycles. The summed E-state index contributed by atoms with van der Waals surface area (Å²) in [6, 6.07) is 0.629. The summed E-state index contributed by atoms with van der Waals surface area (Å²) >= 11 is 2.00. The van der Waals surface area contributed by atoms with E-state index in [0.717, 1.165) is 12.2 Å². The van der Waals surface area contributed by atoms with Crippen LogP contribution in [-0.4, -0.2) is 21.3 Å². The van der Waals surface area contributed by atoms with Crippen molar-refractivity contribution in [1.29, 1.82) is 0 Å². The summed E-state index contributed by atoms with van der Waals surface area (Å²) in [5, 5.41) is 4.50. The van der Waals surface area contributed by atoms with Crippen LogP contribution < -0.4 is 5.73 Å². The van der Waals surface area contributed by atoms with Gasteiger partial charge >= 0.3 is 0 Å². The number of thioether (sulfide) groups is 1. The lowest BCUT2D eigenvalue weighted by Gasteiger charge is -2.27. The maximum absolute atomic E-state index is 5.94. The number of nitrogens with two attached hydrogens (primary N) is 1. The fourth-order valence-electron chi connectivity index (χ4n) is 2.32. The lowest BCUT2D eigenvalue weighted by atomic mass is 9.97. The first kappa shape index (κ1) is 8.65. The van der Waals surface area contributed by atoms with Crippen molar-refractivity contribution in [3.8, 4) is 0 Å². The molecule has 1 aliphatic heterocycles. The van der Waals surface area contributed by atoms with E-state index in [9.17, 15) is 0 Å². The van der Waals surface area contributed by atoms with Crippen LogP contribution in [0.5, 0.6) is 0 Å². The highest BCUT2D eigenvalue weighted by molar-refractivity contribution is 8.00. The van der Waals surface area contributed by atoms with Gasteiger partial charge in [0.15, 0.2) is 0 Å². The molecule has 1 aliphatic carbocycles. The molecular formula is C10H15N3S. The number of anilines is 1. The average molecular weight is 209 g/mol. The van der Waals surface area contributed by atoms with E-state index in [4.69, 9.17) is 5.73 Å². The van der Waals surface area contributed by atoms with E-state index in [1.54, 1.807) is 0 Å². The Labute approximate surface area is 88.0 Å². The summed E-state index contributed by atoms with van der Waals surface area (Å²) in [5.41, 5.74) is 8.71. The van der Waals surface area contributed by atoms with E-state index in [-0.39, 0.29) is 0 Å². The van der Waals surface area contributed by atoms with Crippen molar-refractivity contribution in [3.63, 3.8) is 0 Å². The molecule has 0 unspecified atom stereocenters. The topological polar surface area (TPSA) is 43.8 Å². The molecule has 0 atom stereocenters. The Hall–Kier alpha value is -0.640. The van der Waals surface area contributed by atoms with Crippen LogP contribution in [0.25, 0.3) is 0 Å². The van der Waals surface area contributed by atoms with Crippen LogP contribution in [0, 0.1) is 0 Å². The van der Waals surface area contributed by atoms with Gasteiger partial charge in [-0.15, -0.1) is 0 Å². The predicted octanol–water partition coefficient (Wildman–Crippen LogP) is 1.63. The largest absolute Gasteiger partial charge is 0.382 e. The smallest absolute Gasteiger partial charge is 0.148 e. The first-order valence-electron chi connectivity index (χ1n) is 5.30. The Balaban J connectivity index is 2.02. The molecule has 0 saturated carbocycles. The molecule has 2 aliphatic rings. The van der Waals surface area contributed by atoms with Gasteiger partial charge in [-0.3, -0.25) is 4.68 Å². The summed E-state index contributed by atoms with van der Waals surface area (Å²) < 4.78 is 2.21. The van der Waals surface area contributed by atoms with Crippen molar-refractivity contribution in [2.24, 2.45) is 0 Å². The van der Waals surface area contributed by atoms with Gasteiger partial charge in [0.25, 0.3) is 0 Å². The van der Waals surface area contributed by atoms with Crippen molar-refractivity contribution in [1.82, 2.24) is 9.78 Å². The van der Waals surface area contributed by atoms with Gasteiger partial charge in [0, 0.05) is 22.8 Å². The molecule has 0 bridgehead atoms. The second-order valence-electron chi connectivity index (χ2n) is 4.15. The Morgan fingerprint density at radius 3 is 2.79 bits per heavy atom. The minimum absolute atomic E-state index is 0.629. The third-order valence-corrected chi connectivity index (χ3v) is 4.45. The lowest BCUT2D eigenvalue weighted by Crippen LogP contribution is -2.26. The monoisotopic (exact) mass is 209 g/mol. The molecule has 3 rings (SSSR count). The number of aromatic nitrogens is 2. The van der Waals surface area contributed by atoms with Crippen LogP contribution in [0.1, 0.15) is 30.1 Å². The molecule has 2 N–H and O–H groups in total. The number of rotatable bonds is 1. The highest BCUT2D eigenvalue weighted by Crippen LogP contribution is 2.34. The third-order valence-electron chi connectivity index (χ3n) is 3.21. The van der Waals surface area contributed by atoms with Gasteiger partial charge in [-0.25, -0.2) is 0 Å². The van der Waals surface area contributed by atoms with Gasteiger partial charge in [0.2, 0.25) is 0 Å². The molecule has 1 aromatic rings. The molecule has 1 fully saturated rings. The van der Waals surface area contributed by atoms with E-state index in [1.165, 1.54) is 42.0 Å². The van der Waals surface area contributed by atoms with Crippen molar-refractivity contribution in [3.05, 3.63) is 11.3 Å². The van der Waals surface area contributed by atoms with Crippen LogP contribution in [0.4, 0.5) is 5.82 Å². The van der Waals surface area contributed by atoms with Gasteiger partial charge in [-0.2, -0.15) is 16.9 Å². The summed E-state index contributed by atoms with van der Waals surface area (Å²) in [6.45, 7) is 0. The normalized spacial score (nSPS) is 21.7. The van der Waals surface area contributed by atoms with Crippen LogP contribution >= 0.6 is 11.8 Å². The minimum Gasteiger partial charge on any atom is -0.382 e. The first-order valence-corrected chi connectivity index (χ1v) is 6.45. The molecule has 2 heterocycles. The molecule has 0 radical (unpaired) electrons. The number of hydrogen-bond acceptors (Lipinski definition) is 3. The maximum Gasteiger partial charge on any atom is 0.148 e. The highest BCUT2D eigenvalue weighted by Gasteiger charge is 2.27. The number of hydrogen-bond donors (Lipinski definition) is 1. The fraction of sp³-hybridized carbons (Fsp3) is 0.700. The van der Waals surface area contributed by atoms with Gasteiger partial charge in [-0.05, 0) is 25.7 Å². The summed E-state index contributed by atoms with van der Waals surface area (Å²) in [4.78, 5) is 0. The Bertz CT molecular complexity index is 354. The quantitative estimate of drug-likeness (QED) is 0.764. The van der Waals surface area contributed by atoms with Gasteiger partial charge < -0.3 is 5.73 Å². The SMILES string of the molecule is Nc1nn(C2CSC2)c2c1CCCC2. The van der Waals surface area contributed by atoms with E-state index in [1.807, 2.05) is 11.8 Å². The number of nitrogen functional groups attached to an aromatic ring is 1. The van der Waals surface area contributed by atoms with Crippen LogP contribution in [0.3, 0.4) is 0 Å². The molecule has 0 spiro atoms. The van der Waals surface area contributed by atoms with E-state index in [0.29, 0.717) is 6.04 Å². The van der Waals surface area contributed by atoms with E-state index < -0.39 is 0 Å². The summed E-state index contributed by atoms with van der Waals surface area (Å²) in [5.74, 6) is 3.22. The molecule has 76 valence electrons. The average Bonchev–Trinajstić information content (AvgIpc) is 2.43. The first-order chi connectivity index (χ1) is 6.86. The zero-order chi connectivity index (χ0) is 9.54. The van der Waals surface area contributed by atoms with Gasteiger partial charge in [0.05, 0.1) is 6.04 Å². The third kappa shape index (κ3) is 1.16. The standard InChI is InChI=1S/C10H15N3S/c11-10-8-3-1-2-4-9(8)13(12-10)7-5-14-6-7/h7H,1-6H2,(H2,11,12). The van der Waals surface area contributed by atoms with Crippen LogP contribution in [0.2, 0.25) is 0 Å². The molecule has 1 aromatic heterocycles. The Morgan fingerprint density at radius 2 is 2.07 bits per heavy atom. The van der Waals surface area contributed by atoms with Crippen molar-refractivity contribution < 1.29 is 0 Å². The maximum atomic E-state index is 5.94. The zero-order valence-electron chi connectivity index (χ0n) is 8.20. The zero-order valence-corrected chi connectivity index (χ0v) is 9.02. The van der Waals surface area contributed by atoms with Gasteiger partial charge in [-0.1, -0.05) is 0 Å². The van der Waals surface area contributed by atoms with Gasteiger partial charge in [0.1, 0.15) is 5.82 Å². The Morgan fingerprint density at radius 1 is 1.29 bits per heavy atom. The fourth-order valence-corrected chi connectivity index (χ4v) is 3.05. The summed E-state index contributed by atoms with van der Waals surface area (Å²) in [7, 11) is 0. The van der Waals surface area contributed by atoms with Crippen LogP contribution in [0.15, 0.2) is 0 Å². The van der Waals surface area contributed by atoms with E-state index in [2.05, 4.69) is 9.78 Å². The molecule has 3 nitrogen and oxygen atoms in total.